The molecule has 32 heavy (non-hydrogen) atoms. The smallest absolute Gasteiger partial charge is 0.283 e. The molecule has 0 radical (unpaired) electrons. The molecule has 0 fully saturated rings. The number of carbonyl (C=O) groups excluding carboxylic acids is 2. The molecule has 0 bridgehead atoms. The quantitative estimate of drug-likeness (QED) is 0.501. The number of imide groups is 1. The minimum Gasteiger partial charge on any atom is -0.497 e. The van der Waals surface area contributed by atoms with Gasteiger partial charge in [-0.15, -0.1) is 0 Å². The Labute approximate surface area is 192 Å². The van der Waals surface area contributed by atoms with E-state index in [0.717, 1.165) is 27.3 Å². The van der Waals surface area contributed by atoms with E-state index in [2.05, 4.69) is 5.32 Å². The highest BCUT2D eigenvalue weighted by Crippen LogP contribution is 2.38. The van der Waals surface area contributed by atoms with Gasteiger partial charge in [-0.3, -0.25) is 9.59 Å². The van der Waals surface area contributed by atoms with Crippen LogP contribution >= 0.6 is 11.8 Å². The van der Waals surface area contributed by atoms with Crippen LogP contribution in [0.4, 0.5) is 11.4 Å². The van der Waals surface area contributed by atoms with Crippen molar-refractivity contribution in [3.63, 3.8) is 0 Å². The Bertz CT molecular complexity index is 1210. The summed E-state index contributed by atoms with van der Waals surface area (Å²) >= 11 is 1.30. The molecule has 1 heterocycles. The Kier molecular flexibility index (Phi) is 6.06. The molecule has 0 saturated heterocycles. The SMILES string of the molecule is COc1ccc(N2C(=O)C(Nc3cccc(C)c3C)=C(Sc3ccc(C)cc3)C2=O)cc1. The van der Waals surface area contributed by atoms with E-state index in [-0.39, 0.29) is 17.5 Å². The molecule has 1 aliphatic rings. The van der Waals surface area contributed by atoms with E-state index >= 15 is 0 Å². The second-order valence-corrected chi connectivity index (χ2v) is 8.72. The summed E-state index contributed by atoms with van der Waals surface area (Å²) in [6, 6.07) is 20.6. The molecule has 5 nitrogen and oxygen atoms in total. The molecule has 2 amide bonds. The lowest BCUT2D eigenvalue weighted by atomic mass is 10.1. The number of amides is 2. The zero-order chi connectivity index (χ0) is 22.8. The number of thioether (sulfide) groups is 1. The molecular weight excluding hydrogens is 420 g/mol. The third kappa shape index (κ3) is 4.14. The maximum atomic E-state index is 13.5. The predicted molar refractivity (Wildman–Crippen MR) is 129 cm³/mol. The number of nitrogens with zero attached hydrogens (tertiary/aromatic N) is 1. The fourth-order valence-corrected chi connectivity index (χ4v) is 4.35. The Morgan fingerprint density at radius 3 is 2.19 bits per heavy atom. The molecule has 3 aromatic carbocycles. The summed E-state index contributed by atoms with van der Waals surface area (Å²) in [5, 5.41) is 3.26. The van der Waals surface area contributed by atoms with Crippen molar-refractivity contribution in [2.24, 2.45) is 0 Å². The molecule has 4 rings (SSSR count). The highest BCUT2D eigenvalue weighted by Gasteiger charge is 2.40. The highest BCUT2D eigenvalue weighted by molar-refractivity contribution is 8.04. The standard InChI is InChI=1S/C26H24N2O3S/c1-16-8-14-21(15-9-16)32-24-23(27-22-7-5-6-17(2)18(22)3)25(29)28(26(24)30)19-10-12-20(31-4)13-11-19/h5-15,27H,1-4H3. The summed E-state index contributed by atoms with van der Waals surface area (Å²) in [6.45, 7) is 6.02. The van der Waals surface area contributed by atoms with Gasteiger partial charge in [0.15, 0.2) is 0 Å². The van der Waals surface area contributed by atoms with E-state index in [1.807, 2.05) is 63.2 Å². The second-order valence-electron chi connectivity index (χ2n) is 7.64. The van der Waals surface area contributed by atoms with Crippen LogP contribution in [0.15, 0.2) is 82.2 Å². The zero-order valence-corrected chi connectivity index (χ0v) is 19.2. The number of ether oxygens (including phenoxy) is 1. The van der Waals surface area contributed by atoms with Crippen LogP contribution in [0.2, 0.25) is 0 Å². The first kappa shape index (κ1) is 21.7. The number of methoxy groups -OCH3 is 1. The minimum atomic E-state index is -0.379. The molecule has 162 valence electrons. The van der Waals surface area contributed by atoms with Crippen LogP contribution < -0.4 is 15.0 Å². The van der Waals surface area contributed by atoms with Gasteiger partial charge >= 0.3 is 0 Å². The van der Waals surface area contributed by atoms with Crippen LogP contribution in [0.1, 0.15) is 16.7 Å². The van der Waals surface area contributed by atoms with Crippen molar-refractivity contribution in [3.8, 4) is 5.75 Å². The van der Waals surface area contributed by atoms with E-state index in [1.54, 1.807) is 31.4 Å². The molecule has 0 spiro atoms. The van der Waals surface area contributed by atoms with E-state index in [0.29, 0.717) is 16.3 Å². The van der Waals surface area contributed by atoms with Gasteiger partial charge in [-0.25, -0.2) is 4.90 Å². The Morgan fingerprint density at radius 2 is 1.53 bits per heavy atom. The molecule has 0 atom stereocenters. The largest absolute Gasteiger partial charge is 0.497 e. The summed E-state index contributed by atoms with van der Waals surface area (Å²) in [7, 11) is 1.57. The van der Waals surface area contributed by atoms with Gasteiger partial charge in [0.25, 0.3) is 11.8 Å². The first-order valence-corrected chi connectivity index (χ1v) is 11.1. The number of benzene rings is 3. The fourth-order valence-electron chi connectivity index (χ4n) is 3.43. The molecule has 3 aromatic rings. The van der Waals surface area contributed by atoms with Crippen LogP contribution in [0.5, 0.6) is 5.75 Å². The van der Waals surface area contributed by atoms with E-state index in [4.69, 9.17) is 4.74 Å². The van der Waals surface area contributed by atoms with Crippen molar-refractivity contribution < 1.29 is 14.3 Å². The topological polar surface area (TPSA) is 58.6 Å². The first-order chi connectivity index (χ1) is 15.4. The average molecular weight is 445 g/mol. The Balaban J connectivity index is 1.75. The molecular formula is C26H24N2O3S. The summed E-state index contributed by atoms with van der Waals surface area (Å²) in [5.41, 5.74) is 4.85. The van der Waals surface area contributed by atoms with Crippen LogP contribution in [-0.2, 0) is 9.59 Å². The third-order valence-electron chi connectivity index (χ3n) is 5.48. The highest BCUT2D eigenvalue weighted by atomic mass is 32.2. The van der Waals surface area contributed by atoms with E-state index in [1.165, 1.54) is 16.7 Å². The molecule has 0 aliphatic carbocycles. The van der Waals surface area contributed by atoms with Crippen LogP contribution in [0.25, 0.3) is 0 Å². The van der Waals surface area contributed by atoms with Crippen molar-refractivity contribution in [1.29, 1.82) is 0 Å². The lowest BCUT2D eigenvalue weighted by molar-refractivity contribution is -0.120. The molecule has 0 unspecified atom stereocenters. The van der Waals surface area contributed by atoms with Crippen molar-refractivity contribution in [1.82, 2.24) is 0 Å². The number of hydrogen-bond acceptors (Lipinski definition) is 5. The van der Waals surface area contributed by atoms with Gasteiger partial charge in [0.1, 0.15) is 16.4 Å². The number of aryl methyl sites for hydroxylation is 2. The van der Waals surface area contributed by atoms with Crippen LogP contribution in [-0.4, -0.2) is 18.9 Å². The normalized spacial score (nSPS) is 13.7. The van der Waals surface area contributed by atoms with Crippen molar-refractivity contribution in [3.05, 3.63) is 94.0 Å². The van der Waals surface area contributed by atoms with Gasteiger partial charge in [0.2, 0.25) is 0 Å². The molecule has 0 saturated carbocycles. The van der Waals surface area contributed by atoms with Crippen molar-refractivity contribution in [2.45, 2.75) is 25.7 Å². The summed E-state index contributed by atoms with van der Waals surface area (Å²) < 4.78 is 5.20. The van der Waals surface area contributed by atoms with E-state index < -0.39 is 0 Å². The van der Waals surface area contributed by atoms with Gasteiger partial charge in [-0.2, -0.15) is 0 Å². The van der Waals surface area contributed by atoms with Gasteiger partial charge in [0, 0.05) is 10.6 Å². The summed E-state index contributed by atoms with van der Waals surface area (Å²) in [4.78, 5) is 29.4. The summed E-state index contributed by atoms with van der Waals surface area (Å²) in [5.74, 6) is -0.0713. The Morgan fingerprint density at radius 1 is 0.844 bits per heavy atom. The van der Waals surface area contributed by atoms with E-state index in [9.17, 15) is 9.59 Å². The van der Waals surface area contributed by atoms with Crippen molar-refractivity contribution in [2.75, 3.05) is 17.3 Å². The minimum absolute atomic E-state index is 0.282. The van der Waals surface area contributed by atoms with Gasteiger partial charge in [-0.05, 0) is 74.4 Å². The van der Waals surface area contributed by atoms with Crippen LogP contribution in [0, 0.1) is 20.8 Å². The zero-order valence-electron chi connectivity index (χ0n) is 18.4. The summed E-state index contributed by atoms with van der Waals surface area (Å²) in [6.07, 6.45) is 0. The maximum absolute atomic E-state index is 13.5. The molecule has 6 heteroatoms. The van der Waals surface area contributed by atoms with Gasteiger partial charge < -0.3 is 10.1 Å². The number of rotatable bonds is 6. The lowest BCUT2D eigenvalue weighted by Crippen LogP contribution is -2.32. The molecule has 0 aromatic heterocycles. The maximum Gasteiger partial charge on any atom is 0.283 e. The predicted octanol–water partition coefficient (Wildman–Crippen LogP) is 5.61. The number of hydrogen-bond donors (Lipinski definition) is 1. The fraction of sp³-hybridized carbons (Fsp3) is 0.154. The Hall–Kier alpha value is -3.51. The molecule has 1 aliphatic heterocycles. The number of nitrogens with one attached hydrogen (secondary N) is 1. The van der Waals surface area contributed by atoms with Gasteiger partial charge in [-0.1, -0.05) is 41.6 Å². The third-order valence-corrected chi connectivity index (χ3v) is 6.57. The molecule has 1 N–H and O–H groups in total. The van der Waals surface area contributed by atoms with Crippen LogP contribution in [0.3, 0.4) is 0 Å². The van der Waals surface area contributed by atoms with Gasteiger partial charge in [0.05, 0.1) is 12.8 Å². The number of anilines is 2. The number of carbonyl (C=O) groups is 2. The average Bonchev–Trinajstić information content (AvgIpc) is 3.02. The first-order valence-electron chi connectivity index (χ1n) is 10.2. The van der Waals surface area contributed by atoms with Crippen molar-refractivity contribution >= 4 is 35.0 Å². The lowest BCUT2D eigenvalue weighted by Gasteiger charge is -2.16. The monoisotopic (exact) mass is 444 g/mol. The second kappa shape index (κ2) is 8.93.